The third kappa shape index (κ3) is 13.4. The summed E-state index contributed by atoms with van der Waals surface area (Å²) < 4.78 is 0. The molecular formula is C4H10Na2O6. The van der Waals surface area contributed by atoms with E-state index in [1.807, 2.05) is 0 Å². The first-order valence-corrected chi connectivity index (χ1v) is 2.16. The summed E-state index contributed by atoms with van der Waals surface area (Å²) in [6.45, 7) is 0. The van der Waals surface area contributed by atoms with Crippen LogP contribution in [0.4, 0.5) is 0 Å². The van der Waals surface area contributed by atoms with Crippen molar-refractivity contribution in [3.63, 3.8) is 0 Å². The first kappa shape index (κ1) is 23.0. The third-order valence-corrected chi connectivity index (χ3v) is 0.653. The quantitative estimate of drug-likeness (QED) is 0.390. The zero-order chi connectivity index (χ0) is 7.44. The van der Waals surface area contributed by atoms with Gasteiger partial charge in [0.15, 0.2) is 6.10 Å². The van der Waals surface area contributed by atoms with Crippen LogP contribution < -0.4 is 59.1 Å². The average Bonchev–Trinajstić information content (AvgIpc) is 1.63. The molecule has 8 heteroatoms. The van der Waals surface area contributed by atoms with E-state index in [1.165, 1.54) is 0 Å². The van der Waals surface area contributed by atoms with Gasteiger partial charge in [0.05, 0.1) is 6.42 Å². The van der Waals surface area contributed by atoms with E-state index in [9.17, 15) is 9.59 Å². The standard InChI is InChI=1S/C4H6O5.2Na.H2O.2H/c5-2(4(8)9)1-3(6)7;;;;;/h2,5H,1H2,(H,6,7)(H,8,9);;;1H2;;/q;2*+1;;2*-1. The van der Waals surface area contributed by atoms with Crippen LogP contribution in [0.3, 0.4) is 0 Å². The van der Waals surface area contributed by atoms with Gasteiger partial charge in [-0.2, -0.15) is 0 Å². The van der Waals surface area contributed by atoms with Crippen LogP contribution in [0.5, 0.6) is 0 Å². The largest absolute Gasteiger partial charge is 1.00 e. The number of carboxylic acid groups (broad SMARTS) is 2. The van der Waals surface area contributed by atoms with Gasteiger partial charge in [-0.15, -0.1) is 0 Å². The fourth-order valence-electron chi connectivity index (χ4n) is 0.253. The number of carboxylic acids is 2. The summed E-state index contributed by atoms with van der Waals surface area (Å²) in [5.74, 6) is -2.85. The summed E-state index contributed by atoms with van der Waals surface area (Å²) in [5, 5.41) is 24.1. The summed E-state index contributed by atoms with van der Waals surface area (Å²) in [7, 11) is 0. The number of aliphatic carboxylic acids is 2. The molecule has 0 saturated carbocycles. The predicted molar refractivity (Wildman–Crippen MR) is 31.7 cm³/mol. The summed E-state index contributed by atoms with van der Waals surface area (Å²) in [4.78, 5) is 19.4. The Morgan fingerprint density at radius 3 is 1.67 bits per heavy atom. The van der Waals surface area contributed by atoms with Gasteiger partial charge in [-0.3, -0.25) is 4.79 Å². The van der Waals surface area contributed by atoms with Crippen LogP contribution in [0.2, 0.25) is 0 Å². The molecule has 0 aromatic heterocycles. The number of rotatable bonds is 3. The van der Waals surface area contributed by atoms with E-state index < -0.39 is 24.5 Å². The molecular weight excluding hydrogens is 190 g/mol. The molecule has 0 spiro atoms. The van der Waals surface area contributed by atoms with E-state index in [2.05, 4.69) is 0 Å². The molecule has 5 N–H and O–H groups in total. The van der Waals surface area contributed by atoms with Crippen molar-refractivity contribution < 1.29 is 92.4 Å². The van der Waals surface area contributed by atoms with Gasteiger partial charge in [-0.25, -0.2) is 4.79 Å². The molecule has 0 heterocycles. The van der Waals surface area contributed by atoms with E-state index in [0.29, 0.717) is 0 Å². The molecule has 0 amide bonds. The molecule has 0 fully saturated rings. The molecule has 0 saturated heterocycles. The zero-order valence-corrected chi connectivity index (χ0v) is 10.9. The Morgan fingerprint density at radius 1 is 1.25 bits per heavy atom. The normalized spacial score (nSPS) is 9.42. The minimum absolute atomic E-state index is 0. The van der Waals surface area contributed by atoms with Gasteiger partial charge in [0.2, 0.25) is 0 Å². The molecule has 0 aliphatic heterocycles. The van der Waals surface area contributed by atoms with Crippen molar-refractivity contribution in [2.45, 2.75) is 12.5 Å². The Bertz CT molecular complexity index is 146. The molecule has 1 atom stereocenters. The molecule has 12 heavy (non-hydrogen) atoms. The molecule has 0 radical (unpaired) electrons. The second-order valence-electron chi connectivity index (χ2n) is 1.45. The van der Waals surface area contributed by atoms with Crippen LogP contribution in [0.15, 0.2) is 0 Å². The maximum absolute atomic E-state index is 9.72. The molecule has 64 valence electrons. The van der Waals surface area contributed by atoms with Crippen molar-refractivity contribution in [2.24, 2.45) is 0 Å². The summed E-state index contributed by atoms with van der Waals surface area (Å²) in [6, 6.07) is 0. The fourth-order valence-corrected chi connectivity index (χ4v) is 0.253. The van der Waals surface area contributed by atoms with Gasteiger partial charge in [-0.05, 0) is 0 Å². The van der Waals surface area contributed by atoms with E-state index in [4.69, 9.17) is 15.3 Å². The van der Waals surface area contributed by atoms with Crippen molar-refractivity contribution in [3.8, 4) is 0 Å². The average molecular weight is 200 g/mol. The van der Waals surface area contributed by atoms with Crippen LogP contribution in [-0.2, 0) is 9.59 Å². The Labute approximate surface area is 116 Å². The number of aliphatic hydroxyl groups excluding tert-OH is 1. The Morgan fingerprint density at radius 2 is 1.58 bits per heavy atom. The monoisotopic (exact) mass is 200 g/mol. The minimum atomic E-state index is -1.79. The number of hydrogen-bond acceptors (Lipinski definition) is 3. The van der Waals surface area contributed by atoms with Gasteiger partial charge >= 0.3 is 71.1 Å². The van der Waals surface area contributed by atoms with Crippen molar-refractivity contribution >= 4 is 11.9 Å². The predicted octanol–water partition coefficient (Wildman–Crippen LogP) is -7.69. The first-order chi connectivity index (χ1) is 4.04. The Hall–Kier alpha value is 0.860. The van der Waals surface area contributed by atoms with Crippen LogP contribution in [-0.4, -0.2) is 38.8 Å². The maximum Gasteiger partial charge on any atom is 1.00 e. The molecule has 0 aliphatic carbocycles. The molecule has 1 unspecified atom stereocenters. The van der Waals surface area contributed by atoms with Gasteiger partial charge in [-0.1, -0.05) is 0 Å². The number of aliphatic hydroxyl groups is 1. The van der Waals surface area contributed by atoms with Gasteiger partial charge in [0.25, 0.3) is 0 Å². The number of hydrogen-bond donors (Lipinski definition) is 3. The molecule has 0 aromatic rings. The van der Waals surface area contributed by atoms with Crippen molar-refractivity contribution in [1.82, 2.24) is 0 Å². The SMILES string of the molecule is O.O=C(O)CC(O)C(=O)O.[H-].[H-].[Na+].[Na+]. The minimum Gasteiger partial charge on any atom is -1.00 e. The topological polar surface area (TPSA) is 126 Å². The summed E-state index contributed by atoms with van der Waals surface area (Å²) >= 11 is 0. The molecule has 0 aliphatic rings. The van der Waals surface area contributed by atoms with Crippen LogP contribution >= 0.6 is 0 Å². The molecule has 0 rings (SSSR count). The summed E-state index contributed by atoms with van der Waals surface area (Å²) in [5.41, 5.74) is 0. The van der Waals surface area contributed by atoms with Crippen molar-refractivity contribution in [2.75, 3.05) is 0 Å². The van der Waals surface area contributed by atoms with E-state index in [1.54, 1.807) is 0 Å². The molecule has 6 nitrogen and oxygen atoms in total. The van der Waals surface area contributed by atoms with Crippen LogP contribution in [0.25, 0.3) is 0 Å². The van der Waals surface area contributed by atoms with Gasteiger partial charge in [0.1, 0.15) is 0 Å². The van der Waals surface area contributed by atoms with E-state index in [0.717, 1.165) is 0 Å². The fraction of sp³-hybridized carbons (Fsp3) is 0.500. The first-order valence-electron chi connectivity index (χ1n) is 2.16. The Kier molecular flexibility index (Phi) is 22.8. The molecule has 0 aromatic carbocycles. The van der Waals surface area contributed by atoms with Gasteiger partial charge in [0, 0.05) is 0 Å². The third-order valence-electron chi connectivity index (χ3n) is 0.653. The van der Waals surface area contributed by atoms with E-state index in [-0.39, 0.29) is 67.4 Å². The molecule has 0 bridgehead atoms. The Balaban J connectivity index is -0.0000000320. The summed E-state index contributed by atoms with van der Waals surface area (Å²) in [6.07, 6.45) is -2.54. The van der Waals surface area contributed by atoms with Crippen molar-refractivity contribution in [1.29, 1.82) is 0 Å². The van der Waals surface area contributed by atoms with E-state index >= 15 is 0 Å². The smallest absolute Gasteiger partial charge is 1.00 e. The van der Waals surface area contributed by atoms with Crippen LogP contribution in [0, 0.1) is 0 Å². The second kappa shape index (κ2) is 11.9. The van der Waals surface area contributed by atoms with Crippen molar-refractivity contribution in [3.05, 3.63) is 0 Å². The second-order valence-corrected chi connectivity index (χ2v) is 1.45. The number of carbonyl (C=O) groups is 2. The van der Waals surface area contributed by atoms with Crippen LogP contribution in [0.1, 0.15) is 9.27 Å². The zero-order valence-electron chi connectivity index (χ0n) is 8.94. The van der Waals surface area contributed by atoms with Gasteiger partial charge < -0.3 is 23.6 Å². The maximum atomic E-state index is 9.72.